The average molecular weight is 259 g/mol. The molecule has 0 spiro atoms. The summed E-state index contributed by atoms with van der Waals surface area (Å²) >= 11 is 0. The minimum atomic E-state index is -0.233. The lowest BCUT2D eigenvalue weighted by Crippen LogP contribution is -2.29. The fourth-order valence-electron chi connectivity index (χ4n) is 2.88. The summed E-state index contributed by atoms with van der Waals surface area (Å²) in [4.78, 5) is 14.0. The second-order valence-electron chi connectivity index (χ2n) is 5.64. The van der Waals surface area contributed by atoms with Crippen molar-refractivity contribution in [2.45, 2.75) is 38.0 Å². The molecule has 2 unspecified atom stereocenters. The summed E-state index contributed by atoms with van der Waals surface area (Å²) in [5.41, 5.74) is 1.61. The Bertz CT molecular complexity index is 524. The summed E-state index contributed by atoms with van der Waals surface area (Å²) in [6.07, 6.45) is 4.07. The van der Waals surface area contributed by atoms with Crippen LogP contribution in [0.2, 0.25) is 0 Å². The van der Waals surface area contributed by atoms with Crippen LogP contribution >= 0.6 is 0 Å². The van der Waals surface area contributed by atoms with E-state index in [-0.39, 0.29) is 5.97 Å². The molecule has 1 aromatic rings. The fraction of sp³-hybridized carbons (Fsp3) is 0.533. The van der Waals surface area contributed by atoms with Crippen molar-refractivity contribution < 1.29 is 14.3 Å². The van der Waals surface area contributed by atoms with E-state index in [1.54, 1.807) is 6.07 Å². The molecule has 2 aliphatic heterocycles. The van der Waals surface area contributed by atoms with Gasteiger partial charge in [-0.1, -0.05) is 12.5 Å². The Balaban J connectivity index is 1.36. The number of carbonyl (C=O) groups is 1. The van der Waals surface area contributed by atoms with Crippen molar-refractivity contribution in [3.05, 3.63) is 29.3 Å². The van der Waals surface area contributed by atoms with Gasteiger partial charge in [0, 0.05) is 18.2 Å². The van der Waals surface area contributed by atoms with Crippen molar-refractivity contribution >= 4 is 5.97 Å². The number of hydrogen-bond acceptors (Lipinski definition) is 4. The molecule has 19 heavy (non-hydrogen) atoms. The quantitative estimate of drug-likeness (QED) is 0.612. The third kappa shape index (κ3) is 2.00. The van der Waals surface area contributed by atoms with E-state index >= 15 is 0 Å². The van der Waals surface area contributed by atoms with E-state index in [4.69, 9.17) is 9.47 Å². The predicted octanol–water partition coefficient (Wildman–Crippen LogP) is 1.97. The molecule has 4 rings (SSSR count). The van der Waals surface area contributed by atoms with Crippen LogP contribution in [-0.4, -0.2) is 36.1 Å². The minimum absolute atomic E-state index is 0.233. The summed E-state index contributed by atoms with van der Waals surface area (Å²) in [6.45, 7) is 2.29. The Labute approximate surface area is 112 Å². The predicted molar refractivity (Wildman–Crippen MR) is 69.2 cm³/mol. The van der Waals surface area contributed by atoms with Crippen molar-refractivity contribution in [2.24, 2.45) is 0 Å². The van der Waals surface area contributed by atoms with Gasteiger partial charge in [0.1, 0.15) is 19.0 Å². The Morgan fingerprint density at radius 1 is 1.37 bits per heavy atom. The lowest BCUT2D eigenvalue weighted by molar-refractivity contribution is 0.0535. The zero-order chi connectivity index (χ0) is 12.8. The van der Waals surface area contributed by atoms with Crippen molar-refractivity contribution in [1.82, 2.24) is 4.90 Å². The highest BCUT2D eigenvalue weighted by atomic mass is 16.5. The van der Waals surface area contributed by atoms with Gasteiger partial charge in [0.25, 0.3) is 0 Å². The second kappa shape index (κ2) is 4.23. The molecule has 2 atom stereocenters. The first kappa shape index (κ1) is 11.3. The van der Waals surface area contributed by atoms with Crippen LogP contribution < -0.4 is 4.74 Å². The zero-order valence-corrected chi connectivity index (χ0v) is 10.8. The van der Waals surface area contributed by atoms with Gasteiger partial charge in [0.2, 0.25) is 0 Å². The van der Waals surface area contributed by atoms with Crippen LogP contribution in [0.25, 0.3) is 0 Å². The first-order valence-electron chi connectivity index (χ1n) is 7.00. The molecule has 0 bridgehead atoms. The fourth-order valence-corrected chi connectivity index (χ4v) is 2.88. The summed E-state index contributed by atoms with van der Waals surface area (Å²) in [7, 11) is 0. The summed E-state index contributed by atoms with van der Waals surface area (Å²) in [6, 6.07) is 7.04. The number of rotatable bonds is 4. The van der Waals surface area contributed by atoms with E-state index in [9.17, 15) is 4.79 Å². The molecular weight excluding hydrogens is 242 g/mol. The smallest absolute Gasteiger partial charge is 0.339 e. The van der Waals surface area contributed by atoms with Gasteiger partial charge in [-0.25, -0.2) is 4.79 Å². The number of nitrogens with zero attached hydrogens (tertiary/aromatic N) is 1. The molecule has 0 radical (unpaired) electrons. The molecule has 0 amide bonds. The highest BCUT2D eigenvalue weighted by Gasteiger charge is 2.42. The summed E-state index contributed by atoms with van der Waals surface area (Å²) in [5.74, 6) is 0.543. The van der Waals surface area contributed by atoms with E-state index in [0.717, 1.165) is 30.5 Å². The molecule has 100 valence electrons. The number of fused-ring (bicyclic) bond motifs is 1. The van der Waals surface area contributed by atoms with Crippen LogP contribution in [0, 0.1) is 0 Å². The van der Waals surface area contributed by atoms with Crippen LogP contribution in [0.15, 0.2) is 18.2 Å². The highest BCUT2D eigenvalue weighted by Crippen LogP contribution is 2.34. The van der Waals surface area contributed by atoms with Gasteiger partial charge in [-0.05, 0) is 25.0 Å². The topological polar surface area (TPSA) is 38.5 Å². The van der Waals surface area contributed by atoms with Gasteiger partial charge in [-0.3, -0.25) is 4.90 Å². The Morgan fingerprint density at radius 2 is 2.26 bits per heavy atom. The summed E-state index contributed by atoms with van der Waals surface area (Å²) in [5, 5.41) is 0. The maximum absolute atomic E-state index is 11.5. The van der Waals surface area contributed by atoms with Crippen molar-refractivity contribution in [3.63, 3.8) is 0 Å². The molecule has 1 aromatic carbocycles. The molecule has 2 fully saturated rings. The number of esters is 1. The van der Waals surface area contributed by atoms with E-state index in [2.05, 4.69) is 4.90 Å². The van der Waals surface area contributed by atoms with Crippen molar-refractivity contribution in [3.8, 4) is 5.75 Å². The lowest BCUT2D eigenvalue weighted by atomic mass is 9.93. The molecule has 1 aliphatic carbocycles. The standard InChI is InChI=1S/C15H17NO3/c17-15-14-6-13(5-4-10(14)8-19-15)18-9-12-7-16(12)11-2-1-3-11/h4-6,11-12H,1-3,7-9H2. The minimum Gasteiger partial charge on any atom is -0.492 e. The first-order valence-corrected chi connectivity index (χ1v) is 7.00. The Morgan fingerprint density at radius 3 is 3.05 bits per heavy atom. The lowest BCUT2D eigenvalue weighted by Gasteiger charge is -2.27. The van der Waals surface area contributed by atoms with Crippen molar-refractivity contribution in [2.75, 3.05) is 13.2 Å². The van der Waals surface area contributed by atoms with Gasteiger partial charge in [-0.15, -0.1) is 0 Å². The highest BCUT2D eigenvalue weighted by molar-refractivity contribution is 5.93. The van der Waals surface area contributed by atoms with Crippen LogP contribution in [0.5, 0.6) is 5.75 Å². The van der Waals surface area contributed by atoms with Gasteiger partial charge in [0.15, 0.2) is 0 Å². The maximum atomic E-state index is 11.5. The first-order chi connectivity index (χ1) is 9.31. The van der Waals surface area contributed by atoms with Crippen LogP contribution in [0.3, 0.4) is 0 Å². The average Bonchev–Trinajstić information content (AvgIpc) is 3.01. The largest absolute Gasteiger partial charge is 0.492 e. The Hall–Kier alpha value is -1.55. The Kier molecular flexibility index (Phi) is 2.52. The molecule has 2 heterocycles. The van der Waals surface area contributed by atoms with Crippen molar-refractivity contribution in [1.29, 1.82) is 0 Å². The van der Waals surface area contributed by atoms with E-state index < -0.39 is 0 Å². The number of benzene rings is 1. The zero-order valence-electron chi connectivity index (χ0n) is 10.8. The molecule has 0 N–H and O–H groups in total. The van der Waals surface area contributed by atoms with Crippen LogP contribution in [0.4, 0.5) is 0 Å². The molecule has 4 heteroatoms. The molecule has 4 nitrogen and oxygen atoms in total. The van der Waals surface area contributed by atoms with Gasteiger partial charge < -0.3 is 9.47 Å². The maximum Gasteiger partial charge on any atom is 0.339 e. The molecule has 1 saturated heterocycles. The summed E-state index contributed by atoms with van der Waals surface area (Å²) < 4.78 is 10.8. The molecule has 3 aliphatic rings. The van der Waals surface area contributed by atoms with Crippen LogP contribution in [-0.2, 0) is 11.3 Å². The number of ether oxygens (including phenoxy) is 2. The molecule has 0 aromatic heterocycles. The molecule has 1 saturated carbocycles. The van der Waals surface area contributed by atoms with E-state index in [1.165, 1.54) is 19.3 Å². The number of cyclic esters (lactones) is 1. The SMILES string of the molecule is O=C1OCc2ccc(OCC3CN3C3CCC3)cc21. The van der Waals surface area contributed by atoms with Gasteiger partial charge in [0.05, 0.1) is 11.6 Å². The van der Waals surface area contributed by atoms with E-state index in [1.807, 2.05) is 12.1 Å². The third-order valence-corrected chi connectivity index (χ3v) is 4.40. The normalized spacial score (nSPS) is 28.5. The second-order valence-corrected chi connectivity index (χ2v) is 5.64. The monoisotopic (exact) mass is 259 g/mol. The van der Waals surface area contributed by atoms with Crippen LogP contribution in [0.1, 0.15) is 35.2 Å². The van der Waals surface area contributed by atoms with Gasteiger partial charge >= 0.3 is 5.97 Å². The third-order valence-electron chi connectivity index (χ3n) is 4.40. The molecular formula is C15H17NO3. The number of hydrogen-bond donors (Lipinski definition) is 0. The van der Waals surface area contributed by atoms with E-state index in [0.29, 0.717) is 18.2 Å². The van der Waals surface area contributed by atoms with Gasteiger partial charge in [-0.2, -0.15) is 0 Å². The number of carbonyl (C=O) groups excluding carboxylic acids is 1.